The van der Waals surface area contributed by atoms with Crippen LogP contribution in [0.15, 0.2) is 36.4 Å². The topological polar surface area (TPSA) is 0 Å². The molecular formula is C12H6Cl4. The summed E-state index contributed by atoms with van der Waals surface area (Å²) in [5.41, 5.74) is 1.73. The molecule has 0 N–H and O–H groups in total. The highest BCUT2D eigenvalue weighted by Crippen LogP contribution is 2.34. The molecule has 0 aromatic heterocycles. The van der Waals surface area contributed by atoms with E-state index in [4.69, 9.17) is 46.4 Å². The Balaban J connectivity index is 2.58. The lowest BCUT2D eigenvalue weighted by atomic mass is 10.1. The maximum Gasteiger partial charge on any atom is 0.0598 e. The number of benzene rings is 2. The van der Waals surface area contributed by atoms with Crippen molar-refractivity contribution >= 4 is 46.4 Å². The maximum absolute atomic E-state index is 6.09. The molecule has 0 aliphatic heterocycles. The molecule has 0 spiro atoms. The predicted octanol–water partition coefficient (Wildman–Crippen LogP) is 5.97. The zero-order chi connectivity index (χ0) is 11.7. The predicted molar refractivity (Wildman–Crippen MR) is 71.9 cm³/mol. The fourth-order valence-electron chi connectivity index (χ4n) is 1.38. The molecule has 0 aliphatic carbocycles. The van der Waals surface area contributed by atoms with Crippen molar-refractivity contribution in [3.05, 3.63) is 56.5 Å². The standard InChI is InChI=1S/C12H6Cl4/c13-8-2-4-10(14)9(6-8)7-1-3-11(15)12(16)5-7/h1-6H. The van der Waals surface area contributed by atoms with Crippen molar-refractivity contribution in [1.82, 2.24) is 0 Å². The second kappa shape index (κ2) is 4.85. The molecule has 0 saturated heterocycles. The van der Waals surface area contributed by atoms with Gasteiger partial charge in [-0.15, -0.1) is 0 Å². The summed E-state index contributed by atoms with van der Waals surface area (Å²) in [5, 5.41) is 2.27. The van der Waals surface area contributed by atoms with Gasteiger partial charge in [0.1, 0.15) is 0 Å². The van der Waals surface area contributed by atoms with Gasteiger partial charge in [-0.2, -0.15) is 0 Å². The van der Waals surface area contributed by atoms with Crippen molar-refractivity contribution in [3.8, 4) is 11.1 Å². The Kier molecular flexibility index (Phi) is 3.66. The maximum atomic E-state index is 6.09. The second-order valence-corrected chi connectivity index (χ2v) is 4.91. The smallest absolute Gasteiger partial charge is 0.0598 e. The Morgan fingerprint density at radius 3 is 2.00 bits per heavy atom. The van der Waals surface area contributed by atoms with Crippen LogP contribution in [0.2, 0.25) is 20.1 Å². The summed E-state index contributed by atoms with van der Waals surface area (Å²) in [6.45, 7) is 0. The average Bonchev–Trinajstić information content (AvgIpc) is 2.26. The molecular weight excluding hydrogens is 286 g/mol. The van der Waals surface area contributed by atoms with E-state index in [-0.39, 0.29) is 0 Å². The molecule has 0 bridgehead atoms. The van der Waals surface area contributed by atoms with Crippen LogP contribution in [0.5, 0.6) is 0 Å². The van der Waals surface area contributed by atoms with Crippen molar-refractivity contribution in [2.75, 3.05) is 0 Å². The van der Waals surface area contributed by atoms with Crippen LogP contribution >= 0.6 is 46.4 Å². The summed E-state index contributed by atoms with van der Waals surface area (Å²) >= 11 is 23.8. The zero-order valence-electron chi connectivity index (χ0n) is 7.98. The van der Waals surface area contributed by atoms with E-state index in [1.54, 1.807) is 30.3 Å². The molecule has 2 aromatic carbocycles. The van der Waals surface area contributed by atoms with Crippen LogP contribution in [0.1, 0.15) is 0 Å². The third-order valence-electron chi connectivity index (χ3n) is 2.16. The van der Waals surface area contributed by atoms with E-state index in [1.165, 1.54) is 0 Å². The van der Waals surface area contributed by atoms with Gasteiger partial charge in [0.2, 0.25) is 0 Å². The number of halogens is 4. The lowest BCUT2D eigenvalue weighted by Crippen LogP contribution is -1.80. The molecule has 0 unspecified atom stereocenters. The van der Waals surface area contributed by atoms with Gasteiger partial charge in [0.15, 0.2) is 0 Å². The first-order valence-corrected chi connectivity index (χ1v) is 5.99. The van der Waals surface area contributed by atoms with Gasteiger partial charge < -0.3 is 0 Å². The molecule has 0 radical (unpaired) electrons. The Bertz CT molecular complexity index is 535. The summed E-state index contributed by atoms with van der Waals surface area (Å²) in [6.07, 6.45) is 0. The molecule has 2 aromatic rings. The highest BCUT2D eigenvalue weighted by Gasteiger charge is 2.06. The fourth-order valence-corrected chi connectivity index (χ4v) is 2.08. The normalized spacial score (nSPS) is 10.5. The highest BCUT2D eigenvalue weighted by molar-refractivity contribution is 6.42. The molecule has 4 heteroatoms. The Morgan fingerprint density at radius 2 is 1.31 bits per heavy atom. The molecule has 0 amide bonds. The van der Waals surface area contributed by atoms with Gasteiger partial charge in [-0.05, 0) is 35.9 Å². The van der Waals surface area contributed by atoms with E-state index in [2.05, 4.69) is 0 Å². The summed E-state index contributed by atoms with van der Waals surface area (Å²) in [6, 6.07) is 10.6. The van der Waals surface area contributed by atoms with Gasteiger partial charge in [-0.1, -0.05) is 52.5 Å². The molecule has 0 heterocycles. The van der Waals surface area contributed by atoms with Crippen LogP contribution < -0.4 is 0 Å². The Morgan fingerprint density at radius 1 is 0.625 bits per heavy atom. The van der Waals surface area contributed by atoms with E-state index >= 15 is 0 Å². The number of hydrogen-bond acceptors (Lipinski definition) is 0. The van der Waals surface area contributed by atoms with Gasteiger partial charge in [-0.3, -0.25) is 0 Å². The molecule has 0 saturated carbocycles. The first-order valence-electron chi connectivity index (χ1n) is 4.48. The van der Waals surface area contributed by atoms with Gasteiger partial charge in [0.05, 0.1) is 10.0 Å². The molecule has 0 aliphatic rings. The Labute approximate surface area is 114 Å². The van der Waals surface area contributed by atoms with Crippen LogP contribution in [-0.4, -0.2) is 0 Å². The van der Waals surface area contributed by atoms with E-state index in [1.807, 2.05) is 6.07 Å². The third-order valence-corrected chi connectivity index (χ3v) is 3.46. The second-order valence-electron chi connectivity index (χ2n) is 3.25. The minimum Gasteiger partial charge on any atom is -0.0843 e. The lowest BCUT2D eigenvalue weighted by molar-refractivity contribution is 1.61. The minimum absolute atomic E-state index is 0.496. The molecule has 0 nitrogen and oxygen atoms in total. The molecule has 2 rings (SSSR count). The van der Waals surface area contributed by atoms with Gasteiger partial charge >= 0.3 is 0 Å². The first-order chi connectivity index (χ1) is 7.58. The number of hydrogen-bond donors (Lipinski definition) is 0. The van der Waals surface area contributed by atoms with Crippen LogP contribution in [0, 0.1) is 0 Å². The number of rotatable bonds is 1. The minimum atomic E-state index is 0.496. The summed E-state index contributed by atoms with van der Waals surface area (Å²) in [7, 11) is 0. The largest absolute Gasteiger partial charge is 0.0843 e. The fraction of sp³-hybridized carbons (Fsp3) is 0. The van der Waals surface area contributed by atoms with Crippen LogP contribution in [-0.2, 0) is 0 Å². The quantitative estimate of drug-likeness (QED) is 0.607. The van der Waals surface area contributed by atoms with Crippen LogP contribution in [0.25, 0.3) is 11.1 Å². The molecule has 16 heavy (non-hydrogen) atoms. The van der Waals surface area contributed by atoms with E-state index in [0.717, 1.165) is 11.1 Å². The van der Waals surface area contributed by atoms with Crippen LogP contribution in [0.4, 0.5) is 0 Å². The van der Waals surface area contributed by atoms with Crippen molar-refractivity contribution in [3.63, 3.8) is 0 Å². The van der Waals surface area contributed by atoms with Crippen molar-refractivity contribution in [2.24, 2.45) is 0 Å². The SMILES string of the molecule is Clc1ccc(Cl)c(-c2ccc(Cl)c(Cl)c2)c1. The van der Waals surface area contributed by atoms with E-state index in [0.29, 0.717) is 20.1 Å². The van der Waals surface area contributed by atoms with Crippen LogP contribution in [0.3, 0.4) is 0 Å². The van der Waals surface area contributed by atoms with Gasteiger partial charge in [0, 0.05) is 15.6 Å². The average molecular weight is 292 g/mol. The summed E-state index contributed by atoms with van der Waals surface area (Å²) < 4.78 is 0. The third kappa shape index (κ3) is 2.46. The lowest BCUT2D eigenvalue weighted by Gasteiger charge is -2.06. The summed E-state index contributed by atoms with van der Waals surface area (Å²) in [4.78, 5) is 0. The molecule has 82 valence electrons. The van der Waals surface area contributed by atoms with Gasteiger partial charge in [0.25, 0.3) is 0 Å². The zero-order valence-corrected chi connectivity index (χ0v) is 11.0. The van der Waals surface area contributed by atoms with Crippen molar-refractivity contribution in [2.45, 2.75) is 0 Å². The molecule has 0 fully saturated rings. The van der Waals surface area contributed by atoms with Gasteiger partial charge in [-0.25, -0.2) is 0 Å². The van der Waals surface area contributed by atoms with Crippen molar-refractivity contribution < 1.29 is 0 Å². The van der Waals surface area contributed by atoms with Crippen molar-refractivity contribution in [1.29, 1.82) is 0 Å². The summed E-state index contributed by atoms with van der Waals surface area (Å²) in [5.74, 6) is 0. The Hall–Kier alpha value is -0.400. The van der Waals surface area contributed by atoms with E-state index in [9.17, 15) is 0 Å². The van der Waals surface area contributed by atoms with E-state index < -0.39 is 0 Å². The highest BCUT2D eigenvalue weighted by atomic mass is 35.5. The molecule has 0 atom stereocenters. The monoisotopic (exact) mass is 290 g/mol. The first kappa shape index (κ1) is 12.1.